The van der Waals surface area contributed by atoms with Gasteiger partial charge in [0, 0.05) is 35.7 Å². The number of aryl methyl sites for hydroxylation is 1. The summed E-state index contributed by atoms with van der Waals surface area (Å²) in [5.74, 6) is 0.988. The van der Waals surface area contributed by atoms with Gasteiger partial charge in [0.1, 0.15) is 5.75 Å². The van der Waals surface area contributed by atoms with Gasteiger partial charge in [-0.2, -0.15) is 0 Å². The van der Waals surface area contributed by atoms with E-state index in [2.05, 4.69) is 23.3 Å². The molecule has 0 unspecified atom stereocenters. The molecule has 1 fully saturated rings. The lowest BCUT2D eigenvalue weighted by molar-refractivity contribution is -0.0652. The number of carbonyl (C=O) groups is 1. The van der Waals surface area contributed by atoms with E-state index in [-0.39, 0.29) is 18.0 Å². The van der Waals surface area contributed by atoms with Gasteiger partial charge in [0.25, 0.3) is 0 Å². The molecule has 0 bridgehead atoms. The van der Waals surface area contributed by atoms with Gasteiger partial charge in [0.2, 0.25) is 0 Å². The van der Waals surface area contributed by atoms with Crippen LogP contribution in [-0.4, -0.2) is 54.2 Å². The normalized spacial score (nSPS) is 21.0. The highest BCUT2D eigenvalue weighted by Gasteiger charge is 2.25. The Morgan fingerprint density at radius 2 is 1.77 bits per heavy atom. The van der Waals surface area contributed by atoms with E-state index in [1.165, 1.54) is 0 Å². The maximum Gasteiger partial charge on any atom is 0.178 e. The van der Waals surface area contributed by atoms with E-state index in [0.29, 0.717) is 6.54 Å². The first-order valence-electron chi connectivity index (χ1n) is 9.13. The number of ether oxygens (including phenoxy) is 2. The summed E-state index contributed by atoms with van der Waals surface area (Å²) in [6, 6.07) is 9.89. The fourth-order valence-corrected chi connectivity index (χ4v) is 3.88. The van der Waals surface area contributed by atoms with Crippen molar-refractivity contribution in [1.29, 1.82) is 0 Å². The van der Waals surface area contributed by atoms with Crippen LogP contribution in [0.5, 0.6) is 5.75 Å². The fraction of sp³-hybridized carbons (Fsp3) is 0.476. The summed E-state index contributed by atoms with van der Waals surface area (Å²) in [6.07, 6.45) is 0.330. The molecule has 2 aromatic rings. The van der Waals surface area contributed by atoms with Gasteiger partial charge in [0.05, 0.1) is 25.9 Å². The lowest BCUT2D eigenvalue weighted by Crippen LogP contribution is -2.47. The number of aromatic nitrogens is 1. The minimum Gasteiger partial charge on any atom is -0.497 e. The van der Waals surface area contributed by atoms with Gasteiger partial charge in [0.15, 0.2) is 5.78 Å². The lowest BCUT2D eigenvalue weighted by atomic mass is 10.1. The van der Waals surface area contributed by atoms with Crippen LogP contribution in [-0.2, 0) is 4.74 Å². The van der Waals surface area contributed by atoms with E-state index in [4.69, 9.17) is 9.47 Å². The van der Waals surface area contributed by atoms with E-state index in [9.17, 15) is 4.79 Å². The molecule has 0 amide bonds. The minimum absolute atomic E-state index is 0.165. The number of Topliss-reactive ketones (excluding diaryl/α,β-unsaturated/α-hetero) is 1. The Kier molecular flexibility index (Phi) is 5.49. The second-order valence-electron chi connectivity index (χ2n) is 7.19. The molecule has 0 radical (unpaired) electrons. The first-order chi connectivity index (χ1) is 12.4. The highest BCUT2D eigenvalue weighted by Crippen LogP contribution is 2.23. The molecule has 1 aromatic heterocycles. The topological polar surface area (TPSA) is 43.7 Å². The molecule has 5 nitrogen and oxygen atoms in total. The van der Waals surface area contributed by atoms with Crippen LogP contribution < -0.4 is 4.74 Å². The average Bonchev–Trinajstić information content (AvgIpc) is 2.89. The maximum atomic E-state index is 12.9. The predicted molar refractivity (Wildman–Crippen MR) is 103 cm³/mol. The van der Waals surface area contributed by atoms with E-state index in [1.54, 1.807) is 7.11 Å². The Balaban J connectivity index is 1.81. The van der Waals surface area contributed by atoms with Crippen LogP contribution in [0.15, 0.2) is 30.3 Å². The molecule has 5 heteroatoms. The van der Waals surface area contributed by atoms with Crippen molar-refractivity contribution in [1.82, 2.24) is 9.47 Å². The van der Waals surface area contributed by atoms with Crippen molar-refractivity contribution in [2.45, 2.75) is 39.9 Å². The third-order valence-electron chi connectivity index (χ3n) is 4.92. The second kappa shape index (κ2) is 7.64. The Labute approximate surface area is 155 Å². The van der Waals surface area contributed by atoms with Crippen LogP contribution in [0.25, 0.3) is 5.69 Å². The number of morpholine rings is 1. The second-order valence-corrected chi connectivity index (χ2v) is 7.19. The highest BCUT2D eigenvalue weighted by molar-refractivity contribution is 5.99. The first kappa shape index (κ1) is 18.7. The molecular formula is C21H28N2O3. The number of benzene rings is 1. The first-order valence-corrected chi connectivity index (χ1v) is 9.13. The number of hydrogen-bond donors (Lipinski definition) is 0. The quantitative estimate of drug-likeness (QED) is 0.770. The van der Waals surface area contributed by atoms with Crippen molar-refractivity contribution in [2.24, 2.45) is 0 Å². The number of rotatable bonds is 5. The third-order valence-corrected chi connectivity index (χ3v) is 4.92. The van der Waals surface area contributed by atoms with Crippen LogP contribution in [0.4, 0.5) is 0 Å². The van der Waals surface area contributed by atoms with Gasteiger partial charge in [-0.05, 0) is 58.0 Å². The molecule has 1 aromatic carbocycles. The molecule has 26 heavy (non-hydrogen) atoms. The Morgan fingerprint density at radius 1 is 1.15 bits per heavy atom. The highest BCUT2D eigenvalue weighted by atomic mass is 16.5. The van der Waals surface area contributed by atoms with Crippen molar-refractivity contribution in [3.05, 3.63) is 47.3 Å². The maximum absolute atomic E-state index is 12.9. The zero-order valence-electron chi connectivity index (χ0n) is 16.3. The van der Waals surface area contributed by atoms with Gasteiger partial charge in [-0.1, -0.05) is 0 Å². The largest absolute Gasteiger partial charge is 0.497 e. The fourth-order valence-electron chi connectivity index (χ4n) is 3.88. The van der Waals surface area contributed by atoms with Crippen molar-refractivity contribution >= 4 is 5.78 Å². The minimum atomic E-state index is 0.165. The smallest absolute Gasteiger partial charge is 0.178 e. The zero-order valence-corrected chi connectivity index (χ0v) is 16.3. The molecule has 0 aliphatic carbocycles. The summed E-state index contributed by atoms with van der Waals surface area (Å²) < 4.78 is 13.1. The summed E-state index contributed by atoms with van der Waals surface area (Å²) in [6.45, 7) is 10.2. The average molecular weight is 356 g/mol. The monoisotopic (exact) mass is 356 g/mol. The molecule has 0 spiro atoms. The molecule has 2 atom stereocenters. The van der Waals surface area contributed by atoms with Crippen LogP contribution in [0.2, 0.25) is 0 Å². The Hall–Kier alpha value is -2.11. The molecule has 0 N–H and O–H groups in total. The molecule has 140 valence electrons. The summed E-state index contributed by atoms with van der Waals surface area (Å²) in [5.41, 5.74) is 3.87. The van der Waals surface area contributed by atoms with Gasteiger partial charge < -0.3 is 14.0 Å². The van der Waals surface area contributed by atoms with Crippen molar-refractivity contribution in [3.63, 3.8) is 0 Å². The predicted octanol–water partition coefficient (Wildman–Crippen LogP) is 3.39. The Bertz CT molecular complexity index is 769. The van der Waals surface area contributed by atoms with Gasteiger partial charge in [-0.3, -0.25) is 9.69 Å². The summed E-state index contributed by atoms with van der Waals surface area (Å²) in [5, 5.41) is 0. The SMILES string of the molecule is COc1ccc(-n2c(C)cc(C(=O)CN3C[C@@H](C)O[C@H](C)C3)c2C)cc1. The van der Waals surface area contributed by atoms with Crippen LogP contribution in [0.1, 0.15) is 35.6 Å². The summed E-state index contributed by atoms with van der Waals surface area (Å²) in [4.78, 5) is 15.1. The van der Waals surface area contributed by atoms with Crippen LogP contribution in [0.3, 0.4) is 0 Å². The lowest BCUT2D eigenvalue weighted by Gasteiger charge is -2.34. The van der Waals surface area contributed by atoms with E-state index >= 15 is 0 Å². The Morgan fingerprint density at radius 3 is 2.35 bits per heavy atom. The van der Waals surface area contributed by atoms with E-state index in [0.717, 1.165) is 41.5 Å². The molecule has 1 saturated heterocycles. The summed E-state index contributed by atoms with van der Waals surface area (Å²) in [7, 11) is 1.66. The molecule has 1 aliphatic heterocycles. The number of carbonyl (C=O) groups excluding carboxylic acids is 1. The number of methoxy groups -OCH3 is 1. The molecule has 3 rings (SSSR count). The molecular weight excluding hydrogens is 328 g/mol. The van der Waals surface area contributed by atoms with Crippen molar-refractivity contribution in [3.8, 4) is 11.4 Å². The van der Waals surface area contributed by atoms with Crippen molar-refractivity contribution in [2.75, 3.05) is 26.7 Å². The third kappa shape index (κ3) is 3.84. The number of ketones is 1. The van der Waals surface area contributed by atoms with E-state index in [1.807, 2.05) is 44.2 Å². The van der Waals surface area contributed by atoms with Gasteiger partial charge in [-0.25, -0.2) is 0 Å². The molecule has 1 aliphatic rings. The summed E-state index contributed by atoms with van der Waals surface area (Å²) >= 11 is 0. The molecule has 0 saturated carbocycles. The zero-order chi connectivity index (χ0) is 18.8. The number of hydrogen-bond acceptors (Lipinski definition) is 4. The van der Waals surface area contributed by atoms with Gasteiger partial charge in [-0.15, -0.1) is 0 Å². The van der Waals surface area contributed by atoms with Crippen molar-refractivity contribution < 1.29 is 14.3 Å². The number of nitrogens with zero attached hydrogens (tertiary/aromatic N) is 2. The standard InChI is InChI=1S/C21H28N2O3/c1-14-10-20(21(24)13-22-11-15(2)26-16(3)12-22)17(4)23(14)18-6-8-19(25-5)9-7-18/h6-10,15-16H,11-13H2,1-5H3/t15-,16-/m1/s1. The van der Waals surface area contributed by atoms with Crippen LogP contribution in [0, 0.1) is 13.8 Å². The van der Waals surface area contributed by atoms with Gasteiger partial charge >= 0.3 is 0 Å². The molecule has 2 heterocycles. The van der Waals surface area contributed by atoms with Crippen LogP contribution >= 0.6 is 0 Å². The van der Waals surface area contributed by atoms with E-state index < -0.39 is 0 Å².